The van der Waals surface area contributed by atoms with Crippen LogP contribution in [0.1, 0.15) is 26.4 Å². The van der Waals surface area contributed by atoms with Crippen molar-refractivity contribution < 1.29 is 9.72 Å². The molecule has 3 aromatic rings. The number of nitrogens with zero attached hydrogens (tertiary/aromatic N) is 2. The van der Waals surface area contributed by atoms with Gasteiger partial charge in [-0.15, -0.1) is 11.3 Å². The molecule has 0 unspecified atom stereocenters. The smallest absolute Gasteiger partial charge is 0.285 e. The number of thiazole rings is 1. The van der Waals surface area contributed by atoms with E-state index < -0.39 is 10.8 Å². The Kier molecular flexibility index (Phi) is 4.81. The zero-order valence-corrected chi connectivity index (χ0v) is 15.4. The fraction of sp³-hybridized carbons (Fsp3) is 0.158. The van der Waals surface area contributed by atoms with Crippen LogP contribution in [0.15, 0.2) is 42.5 Å². The lowest BCUT2D eigenvalue weighted by atomic mass is 10.1. The van der Waals surface area contributed by atoms with Crippen molar-refractivity contribution >= 4 is 28.1 Å². The standard InChI is InChI=1S/C19H17N3O3S/c1-11-7-9-14(10-8-11)16-13(3)26-19(20-16)21-18(23)15-6-4-5-12(2)17(15)22(24)25/h4-10H,1-3H3,(H,20,21,23). The Morgan fingerprint density at radius 2 is 1.81 bits per heavy atom. The summed E-state index contributed by atoms with van der Waals surface area (Å²) in [7, 11) is 0. The summed E-state index contributed by atoms with van der Waals surface area (Å²) in [5.41, 5.74) is 3.20. The van der Waals surface area contributed by atoms with E-state index in [4.69, 9.17) is 0 Å². The molecule has 0 spiro atoms. The van der Waals surface area contributed by atoms with Crippen LogP contribution < -0.4 is 5.32 Å². The molecule has 1 aromatic heterocycles. The van der Waals surface area contributed by atoms with Crippen molar-refractivity contribution in [2.24, 2.45) is 0 Å². The number of nitro benzene ring substituents is 1. The monoisotopic (exact) mass is 367 g/mol. The average Bonchev–Trinajstić information content (AvgIpc) is 2.95. The maximum atomic E-state index is 12.5. The minimum absolute atomic E-state index is 0.0275. The fourth-order valence-corrected chi connectivity index (χ4v) is 3.51. The van der Waals surface area contributed by atoms with E-state index in [-0.39, 0.29) is 11.3 Å². The highest BCUT2D eigenvalue weighted by Crippen LogP contribution is 2.31. The molecule has 0 aliphatic carbocycles. The third-order valence-electron chi connectivity index (χ3n) is 4.01. The predicted molar refractivity (Wildman–Crippen MR) is 103 cm³/mol. The van der Waals surface area contributed by atoms with E-state index in [2.05, 4.69) is 10.3 Å². The van der Waals surface area contributed by atoms with Crippen LogP contribution in [0.4, 0.5) is 10.8 Å². The molecule has 132 valence electrons. The number of rotatable bonds is 4. The van der Waals surface area contributed by atoms with Gasteiger partial charge in [-0.2, -0.15) is 0 Å². The van der Waals surface area contributed by atoms with Gasteiger partial charge < -0.3 is 0 Å². The molecule has 3 rings (SSSR count). The Morgan fingerprint density at radius 3 is 2.46 bits per heavy atom. The number of amides is 1. The SMILES string of the molecule is Cc1ccc(-c2nc(NC(=O)c3cccc(C)c3[N+](=O)[O-])sc2C)cc1. The van der Waals surface area contributed by atoms with E-state index in [0.717, 1.165) is 21.7 Å². The quantitative estimate of drug-likeness (QED) is 0.525. The van der Waals surface area contributed by atoms with Crippen molar-refractivity contribution in [2.45, 2.75) is 20.8 Å². The number of nitro groups is 1. The molecule has 1 amide bonds. The van der Waals surface area contributed by atoms with Gasteiger partial charge in [0.25, 0.3) is 11.6 Å². The van der Waals surface area contributed by atoms with E-state index in [1.165, 1.54) is 17.4 Å². The number of aryl methyl sites for hydroxylation is 3. The molecule has 0 fully saturated rings. The summed E-state index contributed by atoms with van der Waals surface area (Å²) in [4.78, 5) is 28.7. The van der Waals surface area contributed by atoms with Gasteiger partial charge in [-0.1, -0.05) is 42.0 Å². The van der Waals surface area contributed by atoms with Gasteiger partial charge >= 0.3 is 0 Å². The number of aromatic nitrogens is 1. The molecule has 0 radical (unpaired) electrons. The largest absolute Gasteiger partial charge is 0.298 e. The molecule has 0 aliphatic heterocycles. The topological polar surface area (TPSA) is 85.1 Å². The lowest BCUT2D eigenvalue weighted by Crippen LogP contribution is -2.14. The summed E-state index contributed by atoms with van der Waals surface area (Å²) in [6.45, 7) is 5.55. The summed E-state index contributed by atoms with van der Waals surface area (Å²) >= 11 is 1.34. The molecule has 26 heavy (non-hydrogen) atoms. The van der Waals surface area contributed by atoms with Gasteiger partial charge in [0, 0.05) is 16.0 Å². The molecule has 0 saturated carbocycles. The molecule has 7 heteroatoms. The highest BCUT2D eigenvalue weighted by atomic mass is 32.1. The maximum Gasteiger partial charge on any atom is 0.285 e. The molecule has 0 atom stereocenters. The van der Waals surface area contributed by atoms with Gasteiger partial charge in [0.05, 0.1) is 10.6 Å². The number of carbonyl (C=O) groups excluding carboxylic acids is 1. The summed E-state index contributed by atoms with van der Waals surface area (Å²) < 4.78 is 0. The second kappa shape index (κ2) is 7.05. The summed E-state index contributed by atoms with van der Waals surface area (Å²) in [6.07, 6.45) is 0. The molecule has 0 saturated heterocycles. The molecule has 6 nitrogen and oxygen atoms in total. The minimum atomic E-state index is -0.537. The normalized spacial score (nSPS) is 10.6. The molecule has 1 heterocycles. The van der Waals surface area contributed by atoms with Crippen molar-refractivity contribution in [3.05, 3.63) is 74.1 Å². The maximum absolute atomic E-state index is 12.5. The average molecular weight is 367 g/mol. The number of hydrogen-bond donors (Lipinski definition) is 1. The van der Waals surface area contributed by atoms with Crippen LogP contribution in [0.3, 0.4) is 0 Å². The second-order valence-electron chi connectivity index (χ2n) is 5.97. The Hall–Kier alpha value is -3.06. The number of para-hydroxylation sites is 1. The second-order valence-corrected chi connectivity index (χ2v) is 7.18. The number of hydrogen-bond acceptors (Lipinski definition) is 5. The van der Waals surface area contributed by atoms with Crippen LogP contribution in [0, 0.1) is 30.9 Å². The highest BCUT2D eigenvalue weighted by molar-refractivity contribution is 7.16. The van der Waals surface area contributed by atoms with Gasteiger partial charge in [-0.05, 0) is 26.8 Å². The number of anilines is 1. The first-order valence-electron chi connectivity index (χ1n) is 7.96. The molecule has 0 aliphatic rings. The number of carbonyl (C=O) groups is 1. The Balaban J connectivity index is 1.90. The van der Waals surface area contributed by atoms with Crippen LogP contribution in [0.2, 0.25) is 0 Å². The molecular weight excluding hydrogens is 350 g/mol. The van der Waals surface area contributed by atoms with Gasteiger partial charge in [0.1, 0.15) is 5.56 Å². The Morgan fingerprint density at radius 1 is 1.12 bits per heavy atom. The van der Waals surface area contributed by atoms with Gasteiger partial charge in [-0.3, -0.25) is 20.2 Å². The van der Waals surface area contributed by atoms with Crippen LogP contribution in [-0.4, -0.2) is 15.8 Å². The molecular formula is C19H17N3O3S. The first-order chi connectivity index (χ1) is 12.4. The zero-order valence-electron chi connectivity index (χ0n) is 14.6. The van der Waals surface area contributed by atoms with Crippen LogP contribution >= 0.6 is 11.3 Å². The van der Waals surface area contributed by atoms with Crippen molar-refractivity contribution in [3.8, 4) is 11.3 Å². The Bertz CT molecular complexity index is 994. The van der Waals surface area contributed by atoms with Gasteiger partial charge in [-0.25, -0.2) is 4.98 Å². The predicted octanol–water partition coefficient (Wildman–Crippen LogP) is 4.90. The molecule has 2 aromatic carbocycles. The lowest BCUT2D eigenvalue weighted by Gasteiger charge is -2.05. The van der Waals surface area contributed by atoms with Crippen molar-refractivity contribution in [2.75, 3.05) is 5.32 Å². The van der Waals surface area contributed by atoms with E-state index in [1.54, 1.807) is 19.1 Å². The van der Waals surface area contributed by atoms with Gasteiger partial charge in [0.2, 0.25) is 0 Å². The highest BCUT2D eigenvalue weighted by Gasteiger charge is 2.23. The fourth-order valence-electron chi connectivity index (χ4n) is 2.68. The van der Waals surface area contributed by atoms with Crippen LogP contribution in [0.25, 0.3) is 11.3 Å². The number of nitrogens with one attached hydrogen (secondary N) is 1. The van der Waals surface area contributed by atoms with Crippen molar-refractivity contribution in [3.63, 3.8) is 0 Å². The third-order valence-corrected chi connectivity index (χ3v) is 4.89. The zero-order chi connectivity index (χ0) is 18.8. The summed E-state index contributed by atoms with van der Waals surface area (Å²) in [6, 6.07) is 12.6. The lowest BCUT2D eigenvalue weighted by molar-refractivity contribution is -0.385. The van der Waals surface area contributed by atoms with Crippen LogP contribution in [0.5, 0.6) is 0 Å². The van der Waals surface area contributed by atoms with Crippen molar-refractivity contribution in [1.82, 2.24) is 4.98 Å². The van der Waals surface area contributed by atoms with Crippen molar-refractivity contribution in [1.29, 1.82) is 0 Å². The van der Waals surface area contributed by atoms with E-state index >= 15 is 0 Å². The summed E-state index contributed by atoms with van der Waals surface area (Å²) in [5, 5.41) is 14.4. The summed E-state index contributed by atoms with van der Waals surface area (Å²) in [5.74, 6) is -0.537. The molecule has 0 bridgehead atoms. The van der Waals surface area contributed by atoms with Gasteiger partial charge in [0.15, 0.2) is 5.13 Å². The van der Waals surface area contributed by atoms with E-state index in [0.29, 0.717) is 10.7 Å². The molecule has 1 N–H and O–H groups in total. The number of benzene rings is 2. The Labute approximate surface area is 154 Å². The first-order valence-corrected chi connectivity index (χ1v) is 8.78. The van der Waals surface area contributed by atoms with E-state index in [9.17, 15) is 14.9 Å². The first kappa shape index (κ1) is 17.8. The van der Waals surface area contributed by atoms with Crippen LogP contribution in [-0.2, 0) is 0 Å². The minimum Gasteiger partial charge on any atom is -0.298 e. The third kappa shape index (κ3) is 3.48. The van der Waals surface area contributed by atoms with E-state index in [1.807, 2.05) is 38.1 Å².